The zero-order valence-electron chi connectivity index (χ0n) is 10.9. The van der Waals surface area contributed by atoms with Crippen molar-refractivity contribution in [2.45, 2.75) is 33.6 Å². The molecule has 17 heavy (non-hydrogen) atoms. The fourth-order valence-electron chi connectivity index (χ4n) is 1.16. The Morgan fingerprint density at radius 3 is 2.65 bits per heavy atom. The van der Waals surface area contributed by atoms with Gasteiger partial charge >= 0.3 is 6.09 Å². The van der Waals surface area contributed by atoms with Gasteiger partial charge < -0.3 is 10.1 Å². The minimum atomic E-state index is -0.476. The van der Waals surface area contributed by atoms with E-state index in [0.29, 0.717) is 6.54 Å². The number of alkyl carbamates (subject to hydrolysis) is 1. The molecule has 0 aromatic rings. The van der Waals surface area contributed by atoms with Crippen LogP contribution in [0.1, 0.15) is 33.6 Å². The number of rotatable bonds is 6. The second kappa shape index (κ2) is 9.53. The van der Waals surface area contributed by atoms with Crippen LogP contribution in [0.15, 0.2) is 23.3 Å². The molecule has 0 fully saturated rings. The van der Waals surface area contributed by atoms with Crippen LogP contribution < -0.4 is 5.32 Å². The Kier molecular flexibility index (Phi) is 8.58. The molecular weight excluding hydrogens is 214 g/mol. The van der Waals surface area contributed by atoms with Crippen molar-refractivity contribution in [2.75, 3.05) is 13.2 Å². The molecule has 0 aliphatic heterocycles. The molecule has 3 heteroatoms. The van der Waals surface area contributed by atoms with Gasteiger partial charge in [0.15, 0.2) is 6.61 Å². The van der Waals surface area contributed by atoms with Gasteiger partial charge in [-0.1, -0.05) is 29.2 Å². The number of hydrogen-bond donors (Lipinski definition) is 1. The van der Waals surface area contributed by atoms with Gasteiger partial charge in [0.05, 0.1) is 0 Å². The van der Waals surface area contributed by atoms with Crippen molar-refractivity contribution in [1.82, 2.24) is 5.32 Å². The largest absolute Gasteiger partial charge is 0.436 e. The Balaban J connectivity index is 3.73. The minimum Gasteiger partial charge on any atom is -0.436 e. The fraction of sp³-hybridized carbons (Fsp3) is 0.500. The molecule has 0 heterocycles. The van der Waals surface area contributed by atoms with E-state index in [1.165, 1.54) is 11.1 Å². The molecule has 0 bridgehead atoms. The van der Waals surface area contributed by atoms with Crippen molar-refractivity contribution in [2.24, 2.45) is 0 Å². The lowest BCUT2D eigenvalue weighted by molar-refractivity contribution is 0.161. The zero-order chi connectivity index (χ0) is 13.1. The molecule has 0 saturated carbocycles. The molecule has 94 valence electrons. The SMILES string of the molecule is C#CCOC(=O)NCC=C(C)CCC=C(C)C. The number of hydrogen-bond acceptors (Lipinski definition) is 2. The maximum absolute atomic E-state index is 11.0. The average molecular weight is 235 g/mol. The van der Waals surface area contributed by atoms with E-state index in [1.54, 1.807) is 0 Å². The number of ether oxygens (including phenoxy) is 1. The van der Waals surface area contributed by atoms with Gasteiger partial charge in [-0.15, -0.1) is 6.42 Å². The van der Waals surface area contributed by atoms with Crippen LogP contribution in [0.2, 0.25) is 0 Å². The topological polar surface area (TPSA) is 38.3 Å². The van der Waals surface area contributed by atoms with Crippen LogP contribution in [0.4, 0.5) is 4.79 Å². The highest BCUT2D eigenvalue weighted by molar-refractivity contribution is 5.67. The number of carbonyl (C=O) groups excluding carboxylic acids is 1. The van der Waals surface area contributed by atoms with E-state index in [4.69, 9.17) is 6.42 Å². The Bertz CT molecular complexity index is 331. The fourth-order valence-corrected chi connectivity index (χ4v) is 1.16. The molecular formula is C14H21NO2. The molecule has 0 aromatic carbocycles. The molecule has 3 nitrogen and oxygen atoms in total. The zero-order valence-corrected chi connectivity index (χ0v) is 10.9. The molecule has 0 radical (unpaired) electrons. The third-order valence-electron chi connectivity index (χ3n) is 2.07. The summed E-state index contributed by atoms with van der Waals surface area (Å²) in [7, 11) is 0. The second-order valence-corrected chi connectivity index (χ2v) is 4.03. The Morgan fingerprint density at radius 1 is 1.35 bits per heavy atom. The van der Waals surface area contributed by atoms with Crippen LogP contribution in [-0.2, 0) is 4.74 Å². The van der Waals surface area contributed by atoms with Crippen LogP contribution in [0.3, 0.4) is 0 Å². The first-order valence-corrected chi connectivity index (χ1v) is 5.69. The maximum atomic E-state index is 11.0. The van der Waals surface area contributed by atoms with Crippen LogP contribution in [-0.4, -0.2) is 19.2 Å². The second-order valence-electron chi connectivity index (χ2n) is 4.03. The highest BCUT2D eigenvalue weighted by atomic mass is 16.5. The minimum absolute atomic E-state index is 0.00903. The van der Waals surface area contributed by atoms with E-state index in [1.807, 2.05) is 13.0 Å². The van der Waals surface area contributed by atoms with E-state index in [9.17, 15) is 4.79 Å². The third kappa shape index (κ3) is 10.6. The van der Waals surface area contributed by atoms with Gasteiger partial charge in [0.25, 0.3) is 0 Å². The quantitative estimate of drug-likeness (QED) is 0.567. The van der Waals surface area contributed by atoms with Crippen molar-refractivity contribution in [3.63, 3.8) is 0 Å². The van der Waals surface area contributed by atoms with Gasteiger partial charge in [-0.3, -0.25) is 0 Å². The first-order chi connectivity index (χ1) is 8.06. The highest BCUT2D eigenvalue weighted by Gasteiger charge is 1.97. The van der Waals surface area contributed by atoms with E-state index in [0.717, 1.165) is 12.8 Å². The summed E-state index contributed by atoms with van der Waals surface area (Å²) in [5.41, 5.74) is 2.58. The van der Waals surface area contributed by atoms with Crippen molar-refractivity contribution in [3.8, 4) is 12.3 Å². The van der Waals surface area contributed by atoms with Crippen LogP contribution in [0.25, 0.3) is 0 Å². The van der Waals surface area contributed by atoms with Crippen LogP contribution in [0.5, 0.6) is 0 Å². The third-order valence-corrected chi connectivity index (χ3v) is 2.07. The molecule has 0 rings (SSSR count). The smallest absolute Gasteiger partial charge is 0.408 e. The van der Waals surface area contributed by atoms with Crippen molar-refractivity contribution >= 4 is 6.09 Å². The number of amides is 1. The molecule has 0 aromatic heterocycles. The Morgan fingerprint density at radius 2 is 2.06 bits per heavy atom. The lowest BCUT2D eigenvalue weighted by atomic mass is 10.1. The van der Waals surface area contributed by atoms with Gasteiger partial charge in [0, 0.05) is 6.54 Å². The van der Waals surface area contributed by atoms with Crippen LogP contribution >= 0.6 is 0 Å². The predicted molar refractivity (Wildman–Crippen MR) is 70.6 cm³/mol. The summed E-state index contributed by atoms with van der Waals surface area (Å²) in [6.07, 6.45) is 10.7. The van der Waals surface area contributed by atoms with Gasteiger partial charge in [-0.05, 0) is 33.6 Å². The molecule has 1 N–H and O–H groups in total. The molecule has 0 unspecified atom stereocenters. The van der Waals surface area contributed by atoms with Crippen LogP contribution in [0, 0.1) is 12.3 Å². The van der Waals surface area contributed by atoms with E-state index in [-0.39, 0.29) is 6.61 Å². The Hall–Kier alpha value is -1.69. The maximum Gasteiger partial charge on any atom is 0.408 e. The molecule has 0 spiro atoms. The number of terminal acetylenes is 1. The summed E-state index contributed by atoms with van der Waals surface area (Å²) >= 11 is 0. The summed E-state index contributed by atoms with van der Waals surface area (Å²) in [6, 6.07) is 0. The summed E-state index contributed by atoms with van der Waals surface area (Å²) in [4.78, 5) is 11.0. The van der Waals surface area contributed by atoms with Crippen molar-refractivity contribution in [1.29, 1.82) is 0 Å². The van der Waals surface area contributed by atoms with E-state index >= 15 is 0 Å². The van der Waals surface area contributed by atoms with Gasteiger partial charge in [-0.25, -0.2) is 4.79 Å². The lowest BCUT2D eigenvalue weighted by Crippen LogP contribution is -2.24. The lowest BCUT2D eigenvalue weighted by Gasteiger charge is -2.03. The molecule has 0 aliphatic carbocycles. The van der Waals surface area contributed by atoms with Gasteiger partial charge in [0.2, 0.25) is 0 Å². The monoisotopic (exact) mass is 235 g/mol. The highest BCUT2D eigenvalue weighted by Crippen LogP contribution is 2.05. The number of nitrogens with one attached hydrogen (secondary N) is 1. The summed E-state index contributed by atoms with van der Waals surface area (Å²) in [5.74, 6) is 2.23. The average Bonchev–Trinajstić information content (AvgIpc) is 2.25. The van der Waals surface area contributed by atoms with Crippen molar-refractivity contribution in [3.05, 3.63) is 23.3 Å². The summed E-state index contributed by atoms with van der Waals surface area (Å²) in [5, 5.41) is 2.60. The summed E-state index contributed by atoms with van der Waals surface area (Å²) in [6.45, 7) is 6.70. The van der Waals surface area contributed by atoms with Crippen molar-refractivity contribution < 1.29 is 9.53 Å². The van der Waals surface area contributed by atoms with Gasteiger partial charge in [0.1, 0.15) is 0 Å². The summed E-state index contributed by atoms with van der Waals surface area (Å²) < 4.78 is 4.66. The normalized spacial score (nSPS) is 10.4. The first kappa shape index (κ1) is 15.3. The molecule has 0 aliphatic rings. The molecule has 0 atom stereocenters. The Labute approximate surface area is 104 Å². The first-order valence-electron chi connectivity index (χ1n) is 5.69. The van der Waals surface area contributed by atoms with Gasteiger partial charge in [-0.2, -0.15) is 0 Å². The molecule has 1 amide bonds. The predicted octanol–water partition coefficient (Wildman–Crippen LogP) is 3.04. The number of allylic oxidation sites excluding steroid dienone is 3. The molecule has 0 saturated heterocycles. The number of carbonyl (C=O) groups is 1. The van der Waals surface area contributed by atoms with E-state index < -0.39 is 6.09 Å². The van der Waals surface area contributed by atoms with E-state index in [2.05, 4.69) is 35.9 Å². The standard InChI is InChI=1S/C14H21NO2/c1-5-11-17-14(16)15-10-9-13(4)8-6-7-12(2)3/h1,7,9H,6,8,10-11H2,2-4H3,(H,15,16).